The largest absolute Gasteiger partial charge is 0.198 e. The van der Waals surface area contributed by atoms with E-state index in [1.54, 1.807) is 0 Å². The molecule has 0 unspecified atom stereocenters. The summed E-state index contributed by atoms with van der Waals surface area (Å²) in [6.45, 7) is 0. The first kappa shape index (κ1) is 12.2. The van der Waals surface area contributed by atoms with Crippen molar-refractivity contribution in [2.24, 2.45) is 0 Å². The summed E-state index contributed by atoms with van der Waals surface area (Å²) in [4.78, 5) is 0. The number of nitrogens with zero attached hydrogens (tertiary/aromatic N) is 1. The van der Waals surface area contributed by atoms with E-state index in [1.165, 1.54) is 5.56 Å². The standard InChI is InChI=1S/C17H12BrN/c18-14-7-9-16-13(10-14)6-8-15(17(16)11-19)12-4-2-1-3-5-12/h1-10,15,17H/t15-,17+/m0/s1. The fourth-order valence-corrected chi connectivity index (χ4v) is 2.99. The van der Waals surface area contributed by atoms with Gasteiger partial charge in [-0.15, -0.1) is 0 Å². The van der Waals surface area contributed by atoms with Gasteiger partial charge in [-0.1, -0.05) is 64.5 Å². The first-order valence-corrected chi connectivity index (χ1v) is 7.01. The van der Waals surface area contributed by atoms with Crippen LogP contribution in [0.4, 0.5) is 0 Å². The van der Waals surface area contributed by atoms with Crippen molar-refractivity contribution in [1.82, 2.24) is 0 Å². The normalized spacial score (nSPS) is 20.6. The van der Waals surface area contributed by atoms with Crippen molar-refractivity contribution in [1.29, 1.82) is 5.26 Å². The number of nitriles is 1. The molecule has 2 aromatic rings. The highest BCUT2D eigenvalue weighted by atomic mass is 79.9. The van der Waals surface area contributed by atoms with Crippen LogP contribution in [0.15, 0.2) is 59.1 Å². The fourth-order valence-electron chi connectivity index (χ4n) is 2.61. The van der Waals surface area contributed by atoms with Crippen LogP contribution >= 0.6 is 15.9 Å². The maximum Gasteiger partial charge on any atom is 0.0821 e. The summed E-state index contributed by atoms with van der Waals surface area (Å²) in [5.41, 5.74) is 3.44. The van der Waals surface area contributed by atoms with Gasteiger partial charge in [-0.2, -0.15) is 5.26 Å². The molecule has 0 N–H and O–H groups in total. The molecule has 0 radical (unpaired) electrons. The van der Waals surface area contributed by atoms with Crippen molar-refractivity contribution >= 4 is 22.0 Å². The third-order valence-corrected chi connectivity index (χ3v) is 4.04. The van der Waals surface area contributed by atoms with Gasteiger partial charge >= 0.3 is 0 Å². The first-order chi connectivity index (χ1) is 9.29. The minimum absolute atomic E-state index is 0.115. The fraction of sp³-hybridized carbons (Fsp3) is 0.118. The second-order valence-corrected chi connectivity index (χ2v) is 5.59. The Morgan fingerprint density at radius 2 is 1.84 bits per heavy atom. The van der Waals surface area contributed by atoms with Crippen molar-refractivity contribution < 1.29 is 0 Å². The van der Waals surface area contributed by atoms with Gasteiger partial charge in [0.2, 0.25) is 0 Å². The predicted octanol–water partition coefficient (Wildman–Crippen LogP) is 4.87. The zero-order chi connectivity index (χ0) is 13.2. The summed E-state index contributed by atoms with van der Waals surface area (Å²) in [6, 6.07) is 18.8. The number of halogens is 1. The molecule has 0 heterocycles. The van der Waals surface area contributed by atoms with Gasteiger partial charge in [-0.25, -0.2) is 0 Å². The molecule has 3 rings (SSSR count). The van der Waals surface area contributed by atoms with Crippen molar-refractivity contribution in [2.75, 3.05) is 0 Å². The number of hydrogen-bond donors (Lipinski definition) is 0. The van der Waals surface area contributed by atoms with Gasteiger partial charge in [-0.05, 0) is 28.8 Å². The second kappa shape index (κ2) is 5.03. The summed E-state index contributed by atoms with van der Waals surface area (Å²) in [5, 5.41) is 9.54. The van der Waals surface area contributed by atoms with Gasteiger partial charge in [0, 0.05) is 10.4 Å². The minimum atomic E-state index is -0.115. The van der Waals surface area contributed by atoms with E-state index in [0.717, 1.165) is 15.6 Å². The van der Waals surface area contributed by atoms with Gasteiger partial charge in [0.05, 0.1) is 12.0 Å². The van der Waals surface area contributed by atoms with Crippen molar-refractivity contribution in [3.63, 3.8) is 0 Å². The van der Waals surface area contributed by atoms with Gasteiger partial charge in [0.1, 0.15) is 0 Å². The molecule has 2 aromatic carbocycles. The molecule has 0 saturated heterocycles. The van der Waals surface area contributed by atoms with E-state index in [4.69, 9.17) is 0 Å². The monoisotopic (exact) mass is 309 g/mol. The van der Waals surface area contributed by atoms with Crippen LogP contribution in [0.2, 0.25) is 0 Å². The van der Waals surface area contributed by atoms with Gasteiger partial charge in [0.25, 0.3) is 0 Å². The zero-order valence-corrected chi connectivity index (χ0v) is 11.8. The summed E-state index contributed by atoms with van der Waals surface area (Å²) in [6.07, 6.45) is 4.25. The molecule has 0 amide bonds. The van der Waals surface area contributed by atoms with Crippen LogP contribution in [0, 0.1) is 11.3 Å². The summed E-state index contributed by atoms with van der Waals surface area (Å²) in [5.74, 6) is 0.0235. The van der Waals surface area contributed by atoms with Gasteiger partial charge in [-0.3, -0.25) is 0 Å². The highest BCUT2D eigenvalue weighted by Crippen LogP contribution is 2.40. The Bertz CT molecular complexity index is 667. The molecule has 0 aliphatic heterocycles. The van der Waals surface area contributed by atoms with Crippen molar-refractivity contribution in [3.8, 4) is 6.07 Å². The molecule has 1 nitrogen and oxygen atoms in total. The first-order valence-electron chi connectivity index (χ1n) is 6.22. The lowest BCUT2D eigenvalue weighted by molar-refractivity contribution is 0.741. The van der Waals surface area contributed by atoms with Crippen LogP contribution in [0.25, 0.3) is 6.08 Å². The molecule has 2 heteroatoms. The Morgan fingerprint density at radius 1 is 1.05 bits per heavy atom. The Morgan fingerprint density at radius 3 is 2.58 bits per heavy atom. The minimum Gasteiger partial charge on any atom is -0.198 e. The Labute approximate surface area is 121 Å². The SMILES string of the molecule is N#C[C@H]1c2ccc(Br)cc2C=C[C@H]1c1ccccc1. The van der Waals surface area contributed by atoms with E-state index in [9.17, 15) is 5.26 Å². The van der Waals surface area contributed by atoms with E-state index >= 15 is 0 Å². The maximum atomic E-state index is 9.54. The lowest BCUT2D eigenvalue weighted by Crippen LogP contribution is -2.12. The third kappa shape index (κ3) is 2.22. The van der Waals surface area contributed by atoms with E-state index < -0.39 is 0 Å². The van der Waals surface area contributed by atoms with Crippen molar-refractivity contribution in [3.05, 3.63) is 75.8 Å². The zero-order valence-electron chi connectivity index (χ0n) is 10.3. The van der Waals surface area contributed by atoms with E-state index in [1.807, 2.05) is 30.3 Å². The third-order valence-electron chi connectivity index (χ3n) is 3.55. The molecule has 0 spiro atoms. The topological polar surface area (TPSA) is 23.8 Å². The average Bonchev–Trinajstić information content (AvgIpc) is 2.46. The molecule has 1 aliphatic rings. The molecule has 0 bridgehead atoms. The van der Waals surface area contributed by atoms with E-state index in [-0.39, 0.29) is 11.8 Å². The summed E-state index contributed by atoms with van der Waals surface area (Å²) >= 11 is 3.48. The van der Waals surface area contributed by atoms with E-state index in [0.29, 0.717) is 0 Å². The summed E-state index contributed by atoms with van der Waals surface area (Å²) in [7, 11) is 0. The molecule has 0 saturated carbocycles. The van der Waals surface area contributed by atoms with E-state index in [2.05, 4.69) is 52.4 Å². The highest BCUT2D eigenvalue weighted by Gasteiger charge is 2.27. The number of hydrogen-bond acceptors (Lipinski definition) is 1. The molecule has 0 aromatic heterocycles. The second-order valence-electron chi connectivity index (χ2n) is 4.68. The lowest BCUT2D eigenvalue weighted by atomic mass is 9.77. The van der Waals surface area contributed by atoms with Gasteiger partial charge in [0.15, 0.2) is 0 Å². The Balaban J connectivity index is 2.09. The van der Waals surface area contributed by atoms with Crippen LogP contribution in [0.5, 0.6) is 0 Å². The summed E-state index contributed by atoms with van der Waals surface area (Å²) < 4.78 is 1.05. The molecular weight excluding hydrogens is 298 g/mol. The van der Waals surface area contributed by atoms with Crippen LogP contribution in [0.3, 0.4) is 0 Å². The number of benzene rings is 2. The molecule has 19 heavy (non-hydrogen) atoms. The van der Waals surface area contributed by atoms with Crippen LogP contribution in [-0.4, -0.2) is 0 Å². The number of rotatable bonds is 1. The molecule has 0 fully saturated rings. The Kier molecular flexibility index (Phi) is 3.23. The van der Waals surface area contributed by atoms with Crippen LogP contribution in [0.1, 0.15) is 28.5 Å². The van der Waals surface area contributed by atoms with Gasteiger partial charge < -0.3 is 0 Å². The highest BCUT2D eigenvalue weighted by molar-refractivity contribution is 9.10. The Hall–Kier alpha value is -1.85. The molecule has 1 aliphatic carbocycles. The average molecular weight is 310 g/mol. The quantitative estimate of drug-likeness (QED) is 0.737. The predicted molar refractivity (Wildman–Crippen MR) is 80.7 cm³/mol. The molecule has 2 atom stereocenters. The van der Waals surface area contributed by atoms with Crippen LogP contribution in [-0.2, 0) is 0 Å². The molecule has 92 valence electrons. The lowest BCUT2D eigenvalue weighted by Gasteiger charge is -2.25. The molecular formula is C17H12BrN. The van der Waals surface area contributed by atoms with Crippen molar-refractivity contribution in [2.45, 2.75) is 11.8 Å². The smallest absolute Gasteiger partial charge is 0.0821 e. The maximum absolute atomic E-state index is 9.54. The van der Waals surface area contributed by atoms with Crippen LogP contribution < -0.4 is 0 Å². The number of allylic oxidation sites excluding steroid dienone is 1. The number of fused-ring (bicyclic) bond motifs is 1.